The molecule has 0 unspecified atom stereocenters. The first-order valence-electron chi connectivity index (χ1n) is 6.98. The predicted octanol–water partition coefficient (Wildman–Crippen LogP) is 0.900. The summed E-state index contributed by atoms with van der Waals surface area (Å²) in [6.45, 7) is 3.17. The first kappa shape index (κ1) is 15.9. The minimum Gasteiger partial charge on any atom is -0.478 e. The topological polar surface area (TPSA) is 86.7 Å². The van der Waals surface area contributed by atoms with Crippen LogP contribution in [-0.4, -0.2) is 50.6 Å². The van der Waals surface area contributed by atoms with E-state index in [0.29, 0.717) is 18.7 Å². The van der Waals surface area contributed by atoms with Crippen molar-refractivity contribution in [2.24, 2.45) is 0 Å². The monoisotopic (exact) mass is 312 g/mol. The lowest BCUT2D eigenvalue weighted by Gasteiger charge is -2.14. The Morgan fingerprint density at radius 2 is 2.00 bits per heavy atom. The lowest BCUT2D eigenvalue weighted by molar-refractivity contribution is 0.0696. The zero-order chi connectivity index (χ0) is 15.3. The molecule has 2 rings (SSSR count). The minimum absolute atomic E-state index is 0.0970. The third kappa shape index (κ3) is 5.11. The van der Waals surface area contributed by atoms with E-state index in [9.17, 15) is 13.2 Å². The molecule has 0 aliphatic carbocycles. The summed E-state index contributed by atoms with van der Waals surface area (Å²) in [5.41, 5.74) is 0.573. The summed E-state index contributed by atoms with van der Waals surface area (Å²) in [4.78, 5) is 13.1. The number of nitrogens with one attached hydrogen (secondary N) is 1. The first-order valence-corrected chi connectivity index (χ1v) is 8.63. The fraction of sp³-hybridized carbons (Fsp3) is 0.500. The highest BCUT2D eigenvalue weighted by Crippen LogP contribution is 2.09. The highest BCUT2D eigenvalue weighted by atomic mass is 32.2. The number of likely N-dealkylation sites (tertiary alicyclic amines) is 1. The summed E-state index contributed by atoms with van der Waals surface area (Å²) in [5, 5.41) is 8.90. The number of hydrogen-bond acceptors (Lipinski definition) is 4. The molecular weight excluding hydrogens is 292 g/mol. The number of nitrogens with zero attached hydrogens (tertiary/aromatic N) is 1. The molecule has 1 aliphatic heterocycles. The SMILES string of the molecule is O=C(O)c1cccc(CS(=O)(=O)NCCN2CCCC2)c1. The molecular formula is C14H20N2O4S. The van der Waals surface area contributed by atoms with Gasteiger partial charge in [-0.15, -0.1) is 0 Å². The van der Waals surface area contributed by atoms with Gasteiger partial charge in [0.15, 0.2) is 0 Å². The Labute approximate surface area is 124 Å². The van der Waals surface area contributed by atoms with E-state index in [-0.39, 0.29) is 11.3 Å². The van der Waals surface area contributed by atoms with Crippen molar-refractivity contribution >= 4 is 16.0 Å². The molecule has 6 nitrogen and oxygen atoms in total. The van der Waals surface area contributed by atoms with Gasteiger partial charge in [-0.2, -0.15) is 0 Å². The minimum atomic E-state index is -3.44. The number of benzene rings is 1. The highest BCUT2D eigenvalue weighted by molar-refractivity contribution is 7.88. The zero-order valence-electron chi connectivity index (χ0n) is 11.8. The predicted molar refractivity (Wildman–Crippen MR) is 79.7 cm³/mol. The maximum atomic E-state index is 12.0. The summed E-state index contributed by atoms with van der Waals surface area (Å²) >= 11 is 0. The Hall–Kier alpha value is -1.44. The van der Waals surface area contributed by atoms with E-state index >= 15 is 0 Å². The summed E-state index contributed by atoms with van der Waals surface area (Å²) < 4.78 is 26.5. The number of carbonyl (C=O) groups is 1. The van der Waals surface area contributed by atoms with Crippen molar-refractivity contribution in [1.29, 1.82) is 0 Å². The van der Waals surface area contributed by atoms with Crippen LogP contribution in [0.4, 0.5) is 0 Å². The second kappa shape index (κ2) is 7.02. The number of aromatic carboxylic acids is 1. The van der Waals surface area contributed by atoms with Crippen molar-refractivity contribution in [3.05, 3.63) is 35.4 Å². The van der Waals surface area contributed by atoms with Gasteiger partial charge in [0.2, 0.25) is 10.0 Å². The number of rotatable bonds is 7. The van der Waals surface area contributed by atoms with E-state index in [1.54, 1.807) is 12.1 Å². The standard InChI is InChI=1S/C14H20N2O4S/c17-14(18)13-5-3-4-12(10-13)11-21(19,20)15-6-9-16-7-1-2-8-16/h3-5,10,15H,1-2,6-9,11H2,(H,17,18). The van der Waals surface area contributed by atoms with E-state index in [1.807, 2.05) is 0 Å². The van der Waals surface area contributed by atoms with Gasteiger partial charge >= 0.3 is 5.97 Å². The molecule has 0 aromatic heterocycles. The van der Waals surface area contributed by atoms with Gasteiger partial charge in [0.1, 0.15) is 0 Å². The molecule has 2 N–H and O–H groups in total. The van der Waals surface area contributed by atoms with Crippen LogP contribution in [0.1, 0.15) is 28.8 Å². The van der Waals surface area contributed by atoms with Crippen molar-refractivity contribution < 1.29 is 18.3 Å². The smallest absolute Gasteiger partial charge is 0.335 e. The molecule has 1 heterocycles. The molecule has 0 amide bonds. The molecule has 0 saturated carbocycles. The van der Waals surface area contributed by atoms with Crippen LogP contribution in [0.25, 0.3) is 0 Å². The number of hydrogen-bond donors (Lipinski definition) is 2. The van der Waals surface area contributed by atoms with Crippen molar-refractivity contribution in [2.75, 3.05) is 26.2 Å². The van der Waals surface area contributed by atoms with Gasteiger partial charge in [0.25, 0.3) is 0 Å². The van der Waals surface area contributed by atoms with Crippen molar-refractivity contribution in [1.82, 2.24) is 9.62 Å². The van der Waals surface area contributed by atoms with Crippen molar-refractivity contribution in [3.63, 3.8) is 0 Å². The third-order valence-electron chi connectivity index (χ3n) is 3.48. The Balaban J connectivity index is 1.87. The summed E-state index contributed by atoms with van der Waals surface area (Å²) in [6, 6.07) is 6.01. The Bertz CT molecular complexity index is 595. The summed E-state index contributed by atoms with van der Waals surface area (Å²) in [6.07, 6.45) is 2.35. The van der Waals surface area contributed by atoms with Gasteiger partial charge in [0, 0.05) is 13.1 Å². The van der Waals surface area contributed by atoms with Gasteiger partial charge in [-0.05, 0) is 43.6 Å². The van der Waals surface area contributed by atoms with Crippen LogP contribution in [0.5, 0.6) is 0 Å². The van der Waals surface area contributed by atoms with Crippen LogP contribution in [0.15, 0.2) is 24.3 Å². The van der Waals surface area contributed by atoms with Crippen LogP contribution in [0.2, 0.25) is 0 Å². The molecule has 0 atom stereocenters. The fourth-order valence-electron chi connectivity index (χ4n) is 2.43. The maximum Gasteiger partial charge on any atom is 0.335 e. The summed E-state index contributed by atoms with van der Waals surface area (Å²) in [5.74, 6) is -1.26. The van der Waals surface area contributed by atoms with Gasteiger partial charge in [0.05, 0.1) is 11.3 Å². The van der Waals surface area contributed by atoms with Crippen LogP contribution in [0, 0.1) is 0 Å². The molecule has 1 aliphatic rings. The lowest BCUT2D eigenvalue weighted by atomic mass is 10.1. The van der Waals surface area contributed by atoms with Gasteiger partial charge in [-0.1, -0.05) is 12.1 Å². The maximum absolute atomic E-state index is 12.0. The highest BCUT2D eigenvalue weighted by Gasteiger charge is 2.15. The lowest BCUT2D eigenvalue weighted by Crippen LogP contribution is -2.34. The largest absolute Gasteiger partial charge is 0.478 e. The van der Waals surface area contributed by atoms with E-state index < -0.39 is 16.0 Å². The van der Waals surface area contributed by atoms with Crippen molar-refractivity contribution in [3.8, 4) is 0 Å². The van der Waals surface area contributed by atoms with E-state index in [1.165, 1.54) is 25.0 Å². The quantitative estimate of drug-likeness (QED) is 0.781. The fourth-order valence-corrected chi connectivity index (χ4v) is 3.55. The normalized spacial score (nSPS) is 16.2. The molecule has 1 aromatic rings. The van der Waals surface area contributed by atoms with Gasteiger partial charge < -0.3 is 10.0 Å². The third-order valence-corrected chi connectivity index (χ3v) is 4.84. The second-order valence-electron chi connectivity index (χ2n) is 5.21. The van der Waals surface area contributed by atoms with Gasteiger partial charge in [-0.3, -0.25) is 0 Å². The zero-order valence-corrected chi connectivity index (χ0v) is 12.6. The molecule has 116 valence electrons. The molecule has 21 heavy (non-hydrogen) atoms. The molecule has 1 fully saturated rings. The molecule has 0 bridgehead atoms. The average Bonchev–Trinajstić information content (AvgIpc) is 2.91. The number of sulfonamides is 1. The second-order valence-corrected chi connectivity index (χ2v) is 7.01. The Morgan fingerprint density at radius 1 is 1.29 bits per heavy atom. The van der Waals surface area contributed by atoms with Crippen LogP contribution >= 0.6 is 0 Å². The molecule has 0 radical (unpaired) electrons. The van der Waals surface area contributed by atoms with E-state index in [0.717, 1.165) is 13.1 Å². The van der Waals surface area contributed by atoms with Crippen LogP contribution < -0.4 is 4.72 Å². The van der Waals surface area contributed by atoms with Crippen molar-refractivity contribution in [2.45, 2.75) is 18.6 Å². The first-order chi connectivity index (χ1) is 9.96. The molecule has 7 heteroatoms. The van der Waals surface area contributed by atoms with Crippen LogP contribution in [-0.2, 0) is 15.8 Å². The van der Waals surface area contributed by atoms with E-state index in [2.05, 4.69) is 9.62 Å². The summed E-state index contributed by atoms with van der Waals surface area (Å²) in [7, 11) is -3.44. The van der Waals surface area contributed by atoms with Crippen LogP contribution in [0.3, 0.4) is 0 Å². The van der Waals surface area contributed by atoms with Gasteiger partial charge in [-0.25, -0.2) is 17.9 Å². The molecule has 0 spiro atoms. The molecule has 1 saturated heterocycles. The average molecular weight is 312 g/mol. The Kier molecular flexibility index (Phi) is 5.33. The molecule has 1 aromatic carbocycles. The number of carboxylic acids is 1. The Morgan fingerprint density at radius 3 is 2.67 bits per heavy atom. The van der Waals surface area contributed by atoms with E-state index in [4.69, 9.17) is 5.11 Å². The number of carboxylic acid groups (broad SMARTS) is 1.